The van der Waals surface area contributed by atoms with Crippen molar-refractivity contribution in [1.29, 1.82) is 0 Å². The van der Waals surface area contributed by atoms with Crippen molar-refractivity contribution >= 4 is 45.5 Å². The first kappa shape index (κ1) is 20.6. The molecule has 29 heavy (non-hydrogen) atoms. The van der Waals surface area contributed by atoms with E-state index in [1.54, 1.807) is 72.8 Å². The Bertz CT molecular complexity index is 1070. The van der Waals surface area contributed by atoms with Gasteiger partial charge in [-0.3, -0.25) is 4.79 Å². The molecule has 0 aliphatic rings. The summed E-state index contributed by atoms with van der Waals surface area (Å²) in [6, 6.07) is 20.4. The van der Waals surface area contributed by atoms with E-state index in [0.717, 1.165) is 0 Å². The maximum Gasteiger partial charge on any atom is 0.352 e. The van der Waals surface area contributed by atoms with E-state index in [0.29, 0.717) is 32.1 Å². The normalized spacial score (nSPS) is 11.0. The van der Waals surface area contributed by atoms with Crippen LogP contribution in [0.4, 0.5) is 0 Å². The minimum absolute atomic E-state index is 0.229. The molecule has 146 valence electrons. The Morgan fingerprint density at radius 2 is 1.69 bits per heavy atom. The molecule has 0 fully saturated rings. The molecule has 0 heterocycles. The number of carboxylic acids is 1. The number of hydrogen-bond acceptors (Lipinski definition) is 3. The molecule has 0 saturated heterocycles. The topological polar surface area (TPSA) is 75.6 Å². The third-order valence-corrected chi connectivity index (χ3v) is 4.68. The van der Waals surface area contributed by atoms with Gasteiger partial charge in [0.2, 0.25) is 0 Å². The van der Waals surface area contributed by atoms with Gasteiger partial charge in [0, 0.05) is 10.6 Å². The molecular formula is C22H15BrClNO4. The van der Waals surface area contributed by atoms with Crippen LogP contribution in [0.25, 0.3) is 6.08 Å². The minimum atomic E-state index is -1.24. The summed E-state index contributed by atoms with van der Waals surface area (Å²) in [5.74, 6) is -0.569. The molecule has 5 nitrogen and oxygen atoms in total. The molecule has 0 atom stereocenters. The van der Waals surface area contributed by atoms with Crippen molar-refractivity contribution in [3.63, 3.8) is 0 Å². The van der Waals surface area contributed by atoms with Gasteiger partial charge in [0.1, 0.15) is 17.2 Å². The maximum atomic E-state index is 12.2. The lowest BCUT2D eigenvalue weighted by Crippen LogP contribution is -2.27. The Balaban J connectivity index is 1.75. The van der Waals surface area contributed by atoms with Crippen LogP contribution in [0.2, 0.25) is 5.02 Å². The summed E-state index contributed by atoms with van der Waals surface area (Å²) in [6.45, 7) is 0. The van der Waals surface area contributed by atoms with Crippen LogP contribution in [0, 0.1) is 0 Å². The van der Waals surface area contributed by atoms with Crippen LogP contribution in [-0.2, 0) is 4.79 Å². The van der Waals surface area contributed by atoms with Crippen LogP contribution >= 0.6 is 27.5 Å². The van der Waals surface area contributed by atoms with Gasteiger partial charge in [-0.2, -0.15) is 0 Å². The second-order valence-electron chi connectivity index (χ2n) is 5.93. The zero-order valence-electron chi connectivity index (χ0n) is 14.9. The van der Waals surface area contributed by atoms with Crippen molar-refractivity contribution < 1.29 is 19.4 Å². The van der Waals surface area contributed by atoms with E-state index in [1.807, 2.05) is 0 Å². The number of aliphatic carboxylic acids is 1. The van der Waals surface area contributed by atoms with Crippen molar-refractivity contribution in [2.24, 2.45) is 0 Å². The minimum Gasteiger partial charge on any atom is -0.477 e. The third kappa shape index (κ3) is 5.70. The predicted octanol–water partition coefficient (Wildman–Crippen LogP) is 5.75. The lowest BCUT2D eigenvalue weighted by molar-refractivity contribution is -0.132. The van der Waals surface area contributed by atoms with Gasteiger partial charge < -0.3 is 15.2 Å². The Kier molecular flexibility index (Phi) is 6.69. The summed E-state index contributed by atoms with van der Waals surface area (Å²) in [4.78, 5) is 23.7. The molecule has 0 bridgehead atoms. The maximum absolute atomic E-state index is 12.2. The highest BCUT2D eigenvalue weighted by Crippen LogP contribution is 2.32. The van der Waals surface area contributed by atoms with Crippen molar-refractivity contribution in [3.05, 3.63) is 99.1 Å². The average molecular weight is 473 g/mol. The first-order valence-electron chi connectivity index (χ1n) is 8.47. The van der Waals surface area contributed by atoms with Gasteiger partial charge >= 0.3 is 5.97 Å². The molecule has 0 unspecified atom stereocenters. The van der Waals surface area contributed by atoms with E-state index in [2.05, 4.69) is 21.2 Å². The summed E-state index contributed by atoms with van der Waals surface area (Å²) in [6.07, 6.45) is 1.38. The Morgan fingerprint density at radius 3 is 2.31 bits per heavy atom. The van der Waals surface area contributed by atoms with Crippen molar-refractivity contribution in [3.8, 4) is 11.5 Å². The summed E-state index contributed by atoms with van der Waals surface area (Å²) in [5, 5.41) is 12.4. The molecule has 0 aliphatic carbocycles. The van der Waals surface area contributed by atoms with E-state index < -0.39 is 11.9 Å². The number of amides is 1. The SMILES string of the molecule is O=C(O)/C(=C/c1ccc(Oc2ccc(Cl)cc2Br)cc1)NC(=O)c1ccccc1. The van der Waals surface area contributed by atoms with E-state index >= 15 is 0 Å². The highest BCUT2D eigenvalue weighted by atomic mass is 79.9. The van der Waals surface area contributed by atoms with Crippen LogP contribution in [-0.4, -0.2) is 17.0 Å². The van der Waals surface area contributed by atoms with Crippen LogP contribution in [0.5, 0.6) is 11.5 Å². The number of ether oxygens (including phenoxy) is 1. The van der Waals surface area contributed by atoms with E-state index in [9.17, 15) is 14.7 Å². The zero-order chi connectivity index (χ0) is 20.8. The predicted molar refractivity (Wildman–Crippen MR) is 115 cm³/mol. The number of carbonyl (C=O) groups is 2. The van der Waals surface area contributed by atoms with Gasteiger partial charge in [-0.05, 0) is 70.0 Å². The number of halogens is 2. The highest BCUT2D eigenvalue weighted by Gasteiger charge is 2.13. The quantitative estimate of drug-likeness (QED) is 0.448. The summed E-state index contributed by atoms with van der Waals surface area (Å²) < 4.78 is 6.50. The second kappa shape index (κ2) is 9.41. The molecule has 3 aromatic carbocycles. The van der Waals surface area contributed by atoms with Gasteiger partial charge in [-0.1, -0.05) is 41.9 Å². The number of benzene rings is 3. The summed E-state index contributed by atoms with van der Waals surface area (Å²) in [7, 11) is 0. The molecule has 0 aromatic heterocycles. The number of carboxylic acid groups (broad SMARTS) is 1. The van der Waals surface area contributed by atoms with E-state index in [-0.39, 0.29) is 5.70 Å². The number of nitrogens with one attached hydrogen (secondary N) is 1. The van der Waals surface area contributed by atoms with E-state index in [4.69, 9.17) is 16.3 Å². The number of hydrogen-bond donors (Lipinski definition) is 2. The van der Waals surface area contributed by atoms with Gasteiger partial charge in [0.25, 0.3) is 5.91 Å². The van der Waals surface area contributed by atoms with E-state index in [1.165, 1.54) is 6.08 Å². The molecule has 1 amide bonds. The Hall–Kier alpha value is -3.09. The molecule has 3 aromatic rings. The fraction of sp³-hybridized carbons (Fsp3) is 0. The van der Waals surface area contributed by atoms with Crippen LogP contribution in [0.1, 0.15) is 15.9 Å². The largest absolute Gasteiger partial charge is 0.477 e. The summed E-state index contributed by atoms with van der Waals surface area (Å²) in [5.41, 5.74) is 0.739. The molecule has 0 saturated carbocycles. The number of carbonyl (C=O) groups excluding carboxylic acids is 1. The molecule has 0 spiro atoms. The molecule has 2 N–H and O–H groups in total. The third-order valence-electron chi connectivity index (χ3n) is 3.83. The highest BCUT2D eigenvalue weighted by molar-refractivity contribution is 9.10. The molecular weight excluding hydrogens is 458 g/mol. The monoisotopic (exact) mass is 471 g/mol. The van der Waals surface area contributed by atoms with Crippen molar-refractivity contribution in [2.45, 2.75) is 0 Å². The van der Waals surface area contributed by atoms with Gasteiger partial charge in [0.05, 0.1) is 4.47 Å². The lowest BCUT2D eigenvalue weighted by Gasteiger charge is -2.09. The Labute approximate surface area is 180 Å². The standard InChI is InChI=1S/C22H15BrClNO4/c23-18-13-16(24)8-11-20(18)29-17-9-6-14(7-10-17)12-19(22(27)28)25-21(26)15-4-2-1-3-5-15/h1-13H,(H,25,26)(H,27,28)/b19-12-. The van der Waals surface area contributed by atoms with Crippen LogP contribution < -0.4 is 10.1 Å². The smallest absolute Gasteiger partial charge is 0.352 e. The summed E-state index contributed by atoms with van der Waals surface area (Å²) >= 11 is 9.31. The molecule has 0 radical (unpaired) electrons. The van der Waals surface area contributed by atoms with Crippen LogP contribution in [0.3, 0.4) is 0 Å². The molecule has 3 rings (SSSR count). The first-order chi connectivity index (χ1) is 13.9. The van der Waals surface area contributed by atoms with Crippen molar-refractivity contribution in [1.82, 2.24) is 5.32 Å². The van der Waals surface area contributed by atoms with Gasteiger partial charge in [-0.15, -0.1) is 0 Å². The number of rotatable bonds is 6. The fourth-order valence-corrected chi connectivity index (χ4v) is 3.18. The van der Waals surface area contributed by atoms with Gasteiger partial charge in [-0.25, -0.2) is 4.79 Å². The lowest BCUT2D eigenvalue weighted by atomic mass is 10.1. The van der Waals surface area contributed by atoms with Crippen molar-refractivity contribution in [2.75, 3.05) is 0 Å². The first-order valence-corrected chi connectivity index (χ1v) is 9.64. The molecule has 7 heteroatoms. The fourth-order valence-electron chi connectivity index (χ4n) is 2.42. The zero-order valence-corrected chi connectivity index (χ0v) is 17.3. The van der Waals surface area contributed by atoms with Gasteiger partial charge in [0.15, 0.2) is 0 Å². The Morgan fingerprint density at radius 1 is 1.00 bits per heavy atom. The molecule has 0 aliphatic heterocycles. The van der Waals surface area contributed by atoms with Crippen LogP contribution in [0.15, 0.2) is 83.0 Å². The second-order valence-corrected chi connectivity index (χ2v) is 7.22. The average Bonchev–Trinajstić information content (AvgIpc) is 2.71.